The summed E-state index contributed by atoms with van der Waals surface area (Å²) >= 11 is 1.53. The summed E-state index contributed by atoms with van der Waals surface area (Å²) in [7, 11) is 1.61. The lowest BCUT2D eigenvalue weighted by atomic mass is 9.88. The molecule has 12 rings (SSSR count). The number of nitrogens with one attached hydrogen (secondary N) is 2. The molecule has 4 N–H and O–H groups in total. The number of methoxy groups -OCH3 is 1. The molecule has 1 aliphatic carbocycles. The number of likely N-dealkylation sites (tertiary alicyclic amines) is 2. The molecular weight excluding hydrogens is 1130 g/mol. The van der Waals surface area contributed by atoms with Crippen LogP contribution in [0.1, 0.15) is 113 Å². The van der Waals surface area contributed by atoms with E-state index in [1.165, 1.54) is 27.0 Å². The Morgan fingerprint density at radius 1 is 0.908 bits per heavy atom. The summed E-state index contributed by atoms with van der Waals surface area (Å²) in [6.07, 6.45) is 4.45. The van der Waals surface area contributed by atoms with Crippen molar-refractivity contribution in [2.45, 2.75) is 142 Å². The molecule has 7 atom stereocenters. The molecular formula is C64H73FN12O9S. The molecule has 4 aliphatic rings. The highest BCUT2D eigenvalue weighted by Crippen LogP contribution is 2.54. The van der Waals surface area contributed by atoms with Crippen molar-refractivity contribution >= 4 is 56.9 Å². The van der Waals surface area contributed by atoms with E-state index in [0.29, 0.717) is 69.2 Å². The van der Waals surface area contributed by atoms with Crippen LogP contribution in [0.5, 0.6) is 11.8 Å². The molecule has 1 saturated carbocycles. The van der Waals surface area contributed by atoms with Crippen LogP contribution in [0.4, 0.5) is 15.0 Å². The lowest BCUT2D eigenvalue weighted by Gasteiger charge is -2.36. The molecule has 0 radical (unpaired) electrons. The molecule has 3 aliphatic heterocycles. The lowest BCUT2D eigenvalue weighted by Crippen LogP contribution is -2.50. The molecule has 4 fully saturated rings. The van der Waals surface area contributed by atoms with Crippen LogP contribution in [0.3, 0.4) is 0 Å². The van der Waals surface area contributed by atoms with Gasteiger partial charge in [0.1, 0.15) is 53.7 Å². The van der Waals surface area contributed by atoms with Gasteiger partial charge in [-0.3, -0.25) is 14.7 Å². The fourth-order valence-electron chi connectivity index (χ4n) is 12.4. The van der Waals surface area contributed by atoms with E-state index in [2.05, 4.69) is 41.8 Å². The molecule has 2 bridgehead atoms. The van der Waals surface area contributed by atoms with Gasteiger partial charge < -0.3 is 49.2 Å². The molecule has 4 aromatic carbocycles. The number of benzene rings is 4. The van der Waals surface area contributed by atoms with Crippen LogP contribution >= 0.6 is 11.3 Å². The summed E-state index contributed by atoms with van der Waals surface area (Å²) in [6.45, 7) is 15.8. The summed E-state index contributed by atoms with van der Waals surface area (Å²) in [5.74, 6) is -0.356. The van der Waals surface area contributed by atoms with Crippen molar-refractivity contribution in [2.75, 3.05) is 44.9 Å². The molecule has 87 heavy (non-hydrogen) atoms. The number of aryl methyl sites for hydroxylation is 1. The Labute approximate surface area is 507 Å². The van der Waals surface area contributed by atoms with Crippen molar-refractivity contribution in [3.63, 3.8) is 0 Å². The summed E-state index contributed by atoms with van der Waals surface area (Å²) < 4.78 is 42.6. The molecule has 0 spiro atoms. The molecule has 3 saturated heterocycles. The first kappa shape index (κ1) is 59.2. The van der Waals surface area contributed by atoms with Crippen LogP contribution in [-0.4, -0.2) is 154 Å². The second kappa shape index (κ2) is 23.9. The van der Waals surface area contributed by atoms with Gasteiger partial charge >= 0.3 is 12.1 Å². The standard InChI is InChI=1S/C64H73FN12O9S/c1-33(2)56(61(81)76-27-44(79)21-52(76)60(80)68-51(29-78)40-16-18-41(19-17-40)58-36(5)66-32-87-58)77-28-50(72-73-77)39-12-10-37(11-13-39)31-84-57-54(53-35(4)48(65)23-49-47(53)24-67-71-49)45(38-14-15-38)22-46-55(57)69-62(85-30-34(3)83-9)70-59(46)74-25-43-20-42(74)26-75(43)63(82)86-64(6,7)8/h10-13,16-19,22-24,28,32-34,38,42-44,51-52,56,78-79H,14-15,20-21,25-27,29-31H2,1-9H3,(H,67,71)(H,68,80)/t34-,42-,43-,44+,51-,52-,56-/m0/s1. The number of halogens is 1. The van der Waals surface area contributed by atoms with Gasteiger partial charge in [0, 0.05) is 60.6 Å². The Morgan fingerprint density at radius 3 is 2.33 bits per heavy atom. The summed E-state index contributed by atoms with van der Waals surface area (Å²) in [4.78, 5) is 63.3. The van der Waals surface area contributed by atoms with Crippen molar-refractivity contribution in [3.8, 4) is 44.6 Å². The van der Waals surface area contributed by atoms with E-state index in [-0.39, 0.29) is 74.9 Å². The molecule has 456 valence electrons. The maximum atomic E-state index is 16.2. The topological polar surface area (TPSA) is 248 Å². The van der Waals surface area contributed by atoms with Gasteiger partial charge in [0.05, 0.1) is 70.9 Å². The van der Waals surface area contributed by atoms with Crippen LogP contribution in [0.25, 0.3) is 54.6 Å². The summed E-state index contributed by atoms with van der Waals surface area (Å²) in [5.41, 5.74) is 9.52. The fraction of sp³-hybridized carbons (Fsp3) is 0.453. The molecule has 4 aromatic heterocycles. The van der Waals surface area contributed by atoms with E-state index in [4.69, 9.17) is 28.9 Å². The van der Waals surface area contributed by atoms with Crippen LogP contribution in [0.2, 0.25) is 0 Å². The number of piperazine rings is 1. The highest BCUT2D eigenvalue weighted by molar-refractivity contribution is 7.13. The largest absolute Gasteiger partial charge is 0.486 e. The SMILES string of the molecule is CO[C@@H](C)COc1nc(N2C[C@@H]3C[C@H]2CN3C(=O)OC(C)(C)C)c2cc(C3CC3)c(-c3c(C)c(F)cc4[nH]ncc34)c(OCc3ccc(-c4cn([C@H](C(=O)N5C[C@H](O)C[C@H]5C(=O)N[C@@H](CO)c5ccc(-c6scnc6C)cc5)C(C)C)nn4)cc3)c2n1. The number of rotatable bonds is 19. The molecule has 0 unspecified atom stereocenters. The predicted molar refractivity (Wildman–Crippen MR) is 326 cm³/mol. The number of fused-ring (bicyclic) bond motifs is 4. The number of thiazole rings is 1. The van der Waals surface area contributed by atoms with Crippen LogP contribution < -0.4 is 19.7 Å². The number of hydrogen-bond donors (Lipinski definition) is 4. The minimum Gasteiger partial charge on any atom is -0.486 e. The Bertz CT molecular complexity index is 3880. The van der Waals surface area contributed by atoms with Gasteiger partial charge in [0.15, 0.2) is 5.75 Å². The van der Waals surface area contributed by atoms with Crippen LogP contribution in [-0.2, 0) is 25.7 Å². The van der Waals surface area contributed by atoms with Crippen molar-refractivity contribution < 1.29 is 47.9 Å². The number of nitrogens with zero attached hydrogens (tertiary/aromatic N) is 10. The third-order valence-corrected chi connectivity index (χ3v) is 18.1. The highest BCUT2D eigenvalue weighted by Gasteiger charge is 2.48. The van der Waals surface area contributed by atoms with E-state index in [9.17, 15) is 24.6 Å². The number of ether oxygens (including phenoxy) is 4. The van der Waals surface area contributed by atoms with E-state index in [1.54, 1.807) is 31.9 Å². The number of β-amino-alcohol motifs (C(OH)–C–C–N with tert-alkyl or cyclic N) is 1. The summed E-state index contributed by atoms with van der Waals surface area (Å²) in [5, 5.41) is 42.1. The zero-order valence-corrected chi connectivity index (χ0v) is 51.1. The fourth-order valence-corrected chi connectivity index (χ4v) is 13.2. The molecule has 8 aromatic rings. The second-order valence-corrected chi connectivity index (χ2v) is 25.7. The molecule has 23 heteroatoms. The number of amides is 3. The number of carbonyl (C=O) groups excluding carboxylic acids is 3. The quantitative estimate of drug-likeness (QED) is 0.0589. The average Bonchev–Trinajstić information content (AvgIpc) is 1.79. The van der Waals surface area contributed by atoms with Gasteiger partial charge in [-0.25, -0.2) is 18.9 Å². The van der Waals surface area contributed by atoms with Crippen molar-refractivity contribution in [2.24, 2.45) is 5.92 Å². The van der Waals surface area contributed by atoms with Gasteiger partial charge in [-0.1, -0.05) is 67.6 Å². The molecule has 7 heterocycles. The number of aliphatic hydroxyl groups is 2. The average molecular weight is 1210 g/mol. The zero-order valence-electron chi connectivity index (χ0n) is 50.3. The third-order valence-electron chi connectivity index (χ3n) is 17.1. The number of hydrogen-bond acceptors (Lipinski definition) is 17. The number of aromatic nitrogens is 8. The number of carbonyl (C=O) groups is 3. The summed E-state index contributed by atoms with van der Waals surface area (Å²) in [6, 6.07) is 16.1. The number of aromatic amines is 1. The van der Waals surface area contributed by atoms with E-state index >= 15 is 4.39 Å². The van der Waals surface area contributed by atoms with Crippen LogP contribution in [0, 0.1) is 25.6 Å². The first-order valence-electron chi connectivity index (χ1n) is 29.7. The molecule has 21 nitrogen and oxygen atoms in total. The van der Waals surface area contributed by atoms with E-state index in [1.807, 2.05) is 102 Å². The Balaban J connectivity index is 0.833. The van der Waals surface area contributed by atoms with E-state index < -0.39 is 47.5 Å². The van der Waals surface area contributed by atoms with Crippen molar-refractivity contribution in [1.29, 1.82) is 0 Å². The highest BCUT2D eigenvalue weighted by atomic mass is 32.1. The smallest absolute Gasteiger partial charge is 0.410 e. The first-order valence-corrected chi connectivity index (χ1v) is 30.6. The number of aliphatic hydroxyl groups excluding tert-OH is 2. The van der Waals surface area contributed by atoms with E-state index in [0.717, 1.165) is 57.3 Å². The second-order valence-electron chi connectivity index (χ2n) is 24.8. The van der Waals surface area contributed by atoms with Gasteiger partial charge in [0.2, 0.25) is 11.8 Å². The number of anilines is 1. The maximum absolute atomic E-state index is 16.2. The third kappa shape index (κ3) is 11.8. The lowest BCUT2D eigenvalue weighted by molar-refractivity contribution is -0.142. The van der Waals surface area contributed by atoms with Crippen molar-refractivity contribution in [3.05, 3.63) is 112 Å². The minimum atomic E-state index is -0.997. The first-order chi connectivity index (χ1) is 41.7. The monoisotopic (exact) mass is 1200 g/mol. The van der Waals surface area contributed by atoms with Gasteiger partial charge in [-0.05, 0) is 113 Å². The van der Waals surface area contributed by atoms with Gasteiger partial charge in [-0.15, -0.1) is 16.4 Å². The van der Waals surface area contributed by atoms with Crippen LogP contribution in [0.15, 0.2) is 78.6 Å². The predicted octanol–water partition coefficient (Wildman–Crippen LogP) is 9.39. The Morgan fingerprint density at radius 2 is 1.67 bits per heavy atom. The van der Waals surface area contributed by atoms with Crippen molar-refractivity contribution in [1.82, 2.24) is 55.3 Å². The maximum Gasteiger partial charge on any atom is 0.410 e. The Hall–Kier alpha value is -8.12. The molecule has 3 amide bonds. The number of H-pyrrole nitrogens is 1. The minimum absolute atomic E-state index is 0.0283. The van der Waals surface area contributed by atoms with Gasteiger partial charge in [-0.2, -0.15) is 15.1 Å². The van der Waals surface area contributed by atoms with Gasteiger partial charge in [0.25, 0.3) is 0 Å². The Kier molecular flexibility index (Phi) is 16.2. The normalized spacial score (nSPS) is 19.6. The zero-order chi connectivity index (χ0) is 61.2.